The van der Waals surface area contributed by atoms with Crippen LogP contribution in [0.3, 0.4) is 0 Å². The fourth-order valence-corrected chi connectivity index (χ4v) is 2.50. The number of hydrogen-bond acceptors (Lipinski definition) is 4. The molecule has 0 saturated heterocycles. The van der Waals surface area contributed by atoms with Gasteiger partial charge in [0.1, 0.15) is 0 Å². The molecule has 0 aliphatic carbocycles. The molecule has 0 aromatic heterocycles. The minimum Gasteiger partial charge on any atom is -0.493 e. The second-order valence-electron chi connectivity index (χ2n) is 5.35. The predicted molar refractivity (Wildman–Crippen MR) is 89.2 cm³/mol. The van der Waals surface area contributed by atoms with Crippen LogP contribution >= 0.6 is 0 Å². The average molecular weight is 336 g/mol. The van der Waals surface area contributed by atoms with Crippen molar-refractivity contribution in [2.75, 3.05) is 20.2 Å². The first-order chi connectivity index (χ1) is 11.6. The maximum Gasteiger partial charge on any atom is 0.387 e. The molecule has 0 fully saturated rings. The first-order valence-corrected chi connectivity index (χ1v) is 7.70. The number of rotatable bonds is 9. The zero-order valence-corrected chi connectivity index (χ0v) is 13.6. The number of benzene rings is 2. The van der Waals surface area contributed by atoms with Gasteiger partial charge in [-0.1, -0.05) is 36.4 Å². The first-order valence-electron chi connectivity index (χ1n) is 7.70. The maximum atomic E-state index is 12.4. The lowest BCUT2D eigenvalue weighted by Crippen LogP contribution is -2.28. The normalized spacial score (nSPS) is 11.1. The van der Waals surface area contributed by atoms with Gasteiger partial charge in [-0.15, -0.1) is 0 Å². The highest BCUT2D eigenvalue weighted by Crippen LogP contribution is 2.30. The molecule has 0 bridgehead atoms. The van der Waals surface area contributed by atoms with Crippen molar-refractivity contribution in [3.63, 3.8) is 0 Å². The number of ether oxygens (including phenoxy) is 2. The number of nitrogens with zero attached hydrogens (tertiary/aromatic N) is 1. The molecular weight excluding hydrogens is 314 g/mol. The summed E-state index contributed by atoms with van der Waals surface area (Å²) in [6.45, 7) is -0.215. The van der Waals surface area contributed by atoms with E-state index in [1.54, 1.807) is 12.1 Å². The number of methoxy groups -OCH3 is 1. The van der Waals surface area contributed by atoms with Crippen LogP contribution in [0.5, 0.6) is 11.5 Å². The summed E-state index contributed by atoms with van der Waals surface area (Å²) in [5.74, 6) is 0.324. The van der Waals surface area contributed by atoms with Crippen molar-refractivity contribution in [3.05, 3.63) is 59.7 Å². The van der Waals surface area contributed by atoms with Crippen molar-refractivity contribution >= 4 is 0 Å². The number of alkyl halides is 2. The van der Waals surface area contributed by atoms with Gasteiger partial charge in [-0.25, -0.2) is 0 Å². The second-order valence-corrected chi connectivity index (χ2v) is 5.35. The third-order valence-corrected chi connectivity index (χ3v) is 3.54. The monoisotopic (exact) mass is 336 g/mol. The van der Waals surface area contributed by atoms with Crippen LogP contribution in [-0.2, 0) is 13.1 Å². The molecule has 2 aromatic carbocycles. The van der Waals surface area contributed by atoms with Crippen molar-refractivity contribution < 1.29 is 18.3 Å². The van der Waals surface area contributed by atoms with Gasteiger partial charge in [0.05, 0.1) is 7.11 Å². The highest BCUT2D eigenvalue weighted by atomic mass is 19.3. The van der Waals surface area contributed by atoms with E-state index in [0.29, 0.717) is 18.8 Å². The van der Waals surface area contributed by atoms with Gasteiger partial charge in [0, 0.05) is 26.2 Å². The third-order valence-electron chi connectivity index (χ3n) is 3.54. The standard InChI is InChI=1S/C18H22F2N2O2/c1-23-17-11-15(7-8-16(17)24-18(19)20)13-22(10-9-21)12-14-5-3-2-4-6-14/h2-8,11,18H,9-10,12-13,21H2,1H3. The van der Waals surface area contributed by atoms with Gasteiger partial charge in [-0.05, 0) is 23.3 Å². The first kappa shape index (κ1) is 18.2. The van der Waals surface area contributed by atoms with Crippen molar-refractivity contribution in [1.82, 2.24) is 4.90 Å². The van der Waals surface area contributed by atoms with E-state index in [1.165, 1.54) is 18.7 Å². The van der Waals surface area contributed by atoms with E-state index in [-0.39, 0.29) is 5.75 Å². The van der Waals surface area contributed by atoms with Gasteiger partial charge in [0.15, 0.2) is 11.5 Å². The molecule has 130 valence electrons. The van der Waals surface area contributed by atoms with E-state index in [2.05, 4.69) is 21.8 Å². The van der Waals surface area contributed by atoms with Crippen molar-refractivity contribution in [2.24, 2.45) is 5.73 Å². The van der Waals surface area contributed by atoms with E-state index in [0.717, 1.165) is 18.7 Å². The van der Waals surface area contributed by atoms with Crippen LogP contribution < -0.4 is 15.2 Å². The Morgan fingerprint density at radius 2 is 1.71 bits per heavy atom. The van der Waals surface area contributed by atoms with Crippen molar-refractivity contribution in [3.8, 4) is 11.5 Å². The minimum absolute atomic E-state index is 0.0321. The molecule has 0 aliphatic rings. The van der Waals surface area contributed by atoms with Crippen LogP contribution in [0, 0.1) is 0 Å². The van der Waals surface area contributed by atoms with Crippen LogP contribution in [0.2, 0.25) is 0 Å². The van der Waals surface area contributed by atoms with E-state index in [4.69, 9.17) is 10.5 Å². The Hall–Kier alpha value is -2.18. The largest absolute Gasteiger partial charge is 0.493 e. The van der Waals surface area contributed by atoms with E-state index >= 15 is 0 Å². The summed E-state index contributed by atoms with van der Waals surface area (Å²) in [7, 11) is 1.43. The molecule has 0 radical (unpaired) electrons. The summed E-state index contributed by atoms with van der Waals surface area (Å²) in [4.78, 5) is 2.19. The Morgan fingerprint density at radius 3 is 2.33 bits per heavy atom. The topological polar surface area (TPSA) is 47.7 Å². The minimum atomic E-state index is -2.88. The smallest absolute Gasteiger partial charge is 0.387 e. The summed E-state index contributed by atoms with van der Waals surface area (Å²) in [5.41, 5.74) is 7.83. The molecule has 4 nitrogen and oxygen atoms in total. The summed E-state index contributed by atoms with van der Waals surface area (Å²) < 4.78 is 34.4. The van der Waals surface area contributed by atoms with E-state index < -0.39 is 6.61 Å². The second kappa shape index (κ2) is 9.20. The lowest BCUT2D eigenvalue weighted by Gasteiger charge is -2.22. The number of halogens is 2. The van der Waals surface area contributed by atoms with Gasteiger partial charge < -0.3 is 15.2 Å². The molecule has 0 amide bonds. The number of hydrogen-bond donors (Lipinski definition) is 1. The van der Waals surface area contributed by atoms with Crippen LogP contribution in [0.1, 0.15) is 11.1 Å². The SMILES string of the molecule is COc1cc(CN(CCN)Cc2ccccc2)ccc1OC(F)F. The van der Waals surface area contributed by atoms with E-state index in [9.17, 15) is 8.78 Å². The molecule has 0 heterocycles. The Labute approximate surface area is 140 Å². The lowest BCUT2D eigenvalue weighted by molar-refractivity contribution is -0.0512. The molecular formula is C18H22F2N2O2. The van der Waals surface area contributed by atoms with Crippen LogP contribution in [0.15, 0.2) is 48.5 Å². The molecule has 0 spiro atoms. The summed E-state index contributed by atoms with van der Waals surface area (Å²) in [6, 6.07) is 15.1. The van der Waals surface area contributed by atoms with Crippen molar-refractivity contribution in [1.29, 1.82) is 0 Å². The van der Waals surface area contributed by atoms with Gasteiger partial charge in [-0.3, -0.25) is 4.90 Å². The lowest BCUT2D eigenvalue weighted by atomic mass is 10.1. The Bertz CT molecular complexity index is 624. The Kier molecular flexibility index (Phi) is 6.96. The van der Waals surface area contributed by atoms with Crippen LogP contribution in [-0.4, -0.2) is 31.7 Å². The quantitative estimate of drug-likeness (QED) is 0.764. The molecule has 6 heteroatoms. The van der Waals surface area contributed by atoms with Crippen LogP contribution in [0.25, 0.3) is 0 Å². The fraction of sp³-hybridized carbons (Fsp3) is 0.333. The molecule has 2 N–H and O–H groups in total. The molecule has 24 heavy (non-hydrogen) atoms. The summed E-state index contributed by atoms with van der Waals surface area (Å²) >= 11 is 0. The molecule has 2 rings (SSSR count). The average Bonchev–Trinajstić information content (AvgIpc) is 2.57. The van der Waals surface area contributed by atoms with E-state index in [1.807, 2.05) is 18.2 Å². The predicted octanol–water partition coefficient (Wildman–Crippen LogP) is 3.26. The zero-order chi connectivity index (χ0) is 17.4. The van der Waals surface area contributed by atoms with Gasteiger partial charge >= 0.3 is 6.61 Å². The highest BCUT2D eigenvalue weighted by molar-refractivity contribution is 5.43. The Balaban J connectivity index is 2.10. The molecule has 0 atom stereocenters. The molecule has 0 unspecified atom stereocenters. The maximum absolute atomic E-state index is 12.4. The van der Waals surface area contributed by atoms with Gasteiger partial charge in [0.25, 0.3) is 0 Å². The summed E-state index contributed by atoms with van der Waals surface area (Å²) in [6.07, 6.45) is 0. The van der Waals surface area contributed by atoms with Crippen LogP contribution in [0.4, 0.5) is 8.78 Å². The zero-order valence-electron chi connectivity index (χ0n) is 13.6. The third kappa shape index (κ3) is 5.47. The van der Waals surface area contributed by atoms with Gasteiger partial charge in [-0.2, -0.15) is 8.78 Å². The molecule has 0 aliphatic heterocycles. The molecule has 2 aromatic rings. The molecule has 0 saturated carbocycles. The van der Waals surface area contributed by atoms with Gasteiger partial charge in [0.2, 0.25) is 0 Å². The number of nitrogens with two attached hydrogens (primary N) is 1. The van der Waals surface area contributed by atoms with Crippen molar-refractivity contribution in [2.45, 2.75) is 19.7 Å². The fourth-order valence-electron chi connectivity index (χ4n) is 2.50. The highest BCUT2D eigenvalue weighted by Gasteiger charge is 2.13. The summed E-state index contributed by atoms with van der Waals surface area (Å²) in [5, 5.41) is 0. The Morgan fingerprint density at radius 1 is 1.00 bits per heavy atom.